The van der Waals surface area contributed by atoms with Crippen LogP contribution in [-0.2, 0) is 11.2 Å². The van der Waals surface area contributed by atoms with Gasteiger partial charge in [-0.25, -0.2) is 0 Å². The number of likely N-dealkylation sites (N-methyl/N-ethyl adjacent to an activating group) is 1. The predicted molar refractivity (Wildman–Crippen MR) is 75.8 cm³/mol. The molecule has 18 heavy (non-hydrogen) atoms. The van der Waals surface area contributed by atoms with Gasteiger partial charge in [0.05, 0.1) is 0 Å². The molecule has 2 nitrogen and oxygen atoms in total. The monoisotopic (exact) mass is 247 g/mol. The number of hydrogen-bond donors (Lipinski definition) is 1. The summed E-state index contributed by atoms with van der Waals surface area (Å²) in [6, 6.07) is 9.48. The van der Waals surface area contributed by atoms with Gasteiger partial charge in [-0.15, -0.1) is 0 Å². The van der Waals surface area contributed by atoms with E-state index in [9.17, 15) is 0 Å². The lowest BCUT2D eigenvalue weighted by Gasteiger charge is -2.35. The summed E-state index contributed by atoms with van der Waals surface area (Å²) >= 11 is 0. The van der Waals surface area contributed by atoms with Crippen molar-refractivity contribution in [2.45, 2.75) is 32.7 Å². The standard InChI is InChI=1S/C16H25NO/c1-12-4-6-14(7-5-12)10-16(17-3)15-8-9-18-11-13(15)2/h4-7,13,15-17H,8-11H2,1-3H3. The molecule has 1 saturated heterocycles. The Balaban J connectivity index is 2.02. The lowest BCUT2D eigenvalue weighted by atomic mass is 9.81. The lowest BCUT2D eigenvalue weighted by Crippen LogP contribution is -2.42. The van der Waals surface area contributed by atoms with Crippen LogP contribution in [0.15, 0.2) is 24.3 Å². The van der Waals surface area contributed by atoms with Gasteiger partial charge in [0.25, 0.3) is 0 Å². The van der Waals surface area contributed by atoms with E-state index in [1.54, 1.807) is 0 Å². The Morgan fingerprint density at radius 1 is 1.33 bits per heavy atom. The molecular formula is C16H25NO. The van der Waals surface area contributed by atoms with E-state index in [0.29, 0.717) is 12.0 Å². The molecule has 0 saturated carbocycles. The molecule has 1 fully saturated rings. The Morgan fingerprint density at radius 3 is 2.67 bits per heavy atom. The van der Waals surface area contributed by atoms with Crippen molar-refractivity contribution in [1.29, 1.82) is 0 Å². The molecule has 1 aromatic carbocycles. The van der Waals surface area contributed by atoms with Crippen LogP contribution in [0.1, 0.15) is 24.5 Å². The highest BCUT2D eigenvalue weighted by Gasteiger charge is 2.28. The number of nitrogens with one attached hydrogen (secondary N) is 1. The smallest absolute Gasteiger partial charge is 0.0494 e. The van der Waals surface area contributed by atoms with Crippen molar-refractivity contribution in [1.82, 2.24) is 5.32 Å². The molecule has 2 rings (SSSR count). The van der Waals surface area contributed by atoms with Gasteiger partial charge in [0.15, 0.2) is 0 Å². The van der Waals surface area contributed by atoms with E-state index in [0.717, 1.165) is 25.6 Å². The summed E-state index contributed by atoms with van der Waals surface area (Å²) in [4.78, 5) is 0. The first kappa shape index (κ1) is 13.6. The molecule has 1 aliphatic rings. The Bertz CT molecular complexity index is 360. The van der Waals surface area contributed by atoms with Crippen LogP contribution in [0.3, 0.4) is 0 Å². The SMILES string of the molecule is CNC(Cc1ccc(C)cc1)C1CCOCC1C. The number of ether oxygens (including phenoxy) is 1. The average Bonchev–Trinajstić information content (AvgIpc) is 2.39. The maximum Gasteiger partial charge on any atom is 0.0494 e. The molecule has 0 spiro atoms. The minimum atomic E-state index is 0.562. The number of rotatable bonds is 4. The number of benzene rings is 1. The topological polar surface area (TPSA) is 21.3 Å². The van der Waals surface area contributed by atoms with Crippen molar-refractivity contribution in [2.75, 3.05) is 20.3 Å². The second-order valence-electron chi connectivity index (χ2n) is 5.59. The van der Waals surface area contributed by atoms with E-state index in [4.69, 9.17) is 4.74 Å². The summed E-state index contributed by atoms with van der Waals surface area (Å²) in [5.41, 5.74) is 2.76. The maximum atomic E-state index is 5.54. The molecule has 0 aliphatic carbocycles. The van der Waals surface area contributed by atoms with Gasteiger partial charge in [-0.2, -0.15) is 0 Å². The van der Waals surface area contributed by atoms with Crippen molar-refractivity contribution in [2.24, 2.45) is 11.8 Å². The fraction of sp³-hybridized carbons (Fsp3) is 0.625. The second-order valence-corrected chi connectivity index (χ2v) is 5.59. The van der Waals surface area contributed by atoms with Crippen LogP contribution >= 0.6 is 0 Å². The summed E-state index contributed by atoms with van der Waals surface area (Å²) in [5.74, 6) is 1.38. The zero-order valence-electron chi connectivity index (χ0n) is 11.8. The van der Waals surface area contributed by atoms with Gasteiger partial charge < -0.3 is 10.1 Å². The van der Waals surface area contributed by atoms with E-state index >= 15 is 0 Å². The van der Waals surface area contributed by atoms with Crippen molar-refractivity contribution in [3.05, 3.63) is 35.4 Å². The fourth-order valence-electron chi connectivity index (χ4n) is 2.94. The second kappa shape index (κ2) is 6.35. The molecule has 1 heterocycles. The Kier molecular flexibility index (Phi) is 4.79. The van der Waals surface area contributed by atoms with E-state index in [2.05, 4.69) is 50.5 Å². The summed E-state index contributed by atoms with van der Waals surface area (Å²) in [6.07, 6.45) is 2.30. The molecule has 0 aromatic heterocycles. The molecule has 3 unspecified atom stereocenters. The molecule has 0 bridgehead atoms. The van der Waals surface area contributed by atoms with Gasteiger partial charge in [-0.1, -0.05) is 36.8 Å². The summed E-state index contributed by atoms with van der Waals surface area (Å²) in [7, 11) is 2.08. The molecule has 1 aliphatic heterocycles. The highest BCUT2D eigenvalue weighted by atomic mass is 16.5. The Morgan fingerprint density at radius 2 is 2.06 bits per heavy atom. The molecule has 1 aromatic rings. The molecule has 100 valence electrons. The third-order valence-electron chi connectivity index (χ3n) is 4.17. The summed E-state index contributed by atoms with van der Waals surface area (Å²) < 4.78 is 5.54. The van der Waals surface area contributed by atoms with Crippen LogP contribution in [0.5, 0.6) is 0 Å². The largest absolute Gasteiger partial charge is 0.381 e. The van der Waals surface area contributed by atoms with E-state index in [-0.39, 0.29) is 0 Å². The van der Waals surface area contributed by atoms with Crippen LogP contribution in [-0.4, -0.2) is 26.3 Å². The highest BCUT2D eigenvalue weighted by Crippen LogP contribution is 2.26. The maximum absolute atomic E-state index is 5.54. The lowest BCUT2D eigenvalue weighted by molar-refractivity contribution is 0.0119. The van der Waals surface area contributed by atoms with Crippen molar-refractivity contribution >= 4 is 0 Å². The summed E-state index contributed by atoms with van der Waals surface area (Å²) in [6.45, 7) is 6.28. The minimum Gasteiger partial charge on any atom is -0.381 e. The first-order valence-corrected chi connectivity index (χ1v) is 7.01. The Hall–Kier alpha value is -0.860. The first-order chi connectivity index (χ1) is 8.70. The highest BCUT2D eigenvalue weighted by molar-refractivity contribution is 5.22. The molecule has 1 N–H and O–H groups in total. The Labute approximate surface area is 111 Å². The average molecular weight is 247 g/mol. The molecule has 3 atom stereocenters. The summed E-state index contributed by atoms with van der Waals surface area (Å²) in [5, 5.41) is 3.51. The van der Waals surface area contributed by atoms with Gasteiger partial charge >= 0.3 is 0 Å². The molecule has 0 amide bonds. The van der Waals surface area contributed by atoms with Crippen LogP contribution in [0.4, 0.5) is 0 Å². The van der Waals surface area contributed by atoms with Crippen LogP contribution in [0, 0.1) is 18.8 Å². The van der Waals surface area contributed by atoms with Crippen molar-refractivity contribution in [3.63, 3.8) is 0 Å². The van der Waals surface area contributed by atoms with Gasteiger partial charge in [0, 0.05) is 19.3 Å². The zero-order valence-corrected chi connectivity index (χ0v) is 11.8. The normalized spacial score (nSPS) is 25.9. The zero-order chi connectivity index (χ0) is 13.0. The number of aryl methyl sites for hydroxylation is 1. The fourth-order valence-corrected chi connectivity index (χ4v) is 2.94. The molecule has 0 radical (unpaired) electrons. The third kappa shape index (κ3) is 3.33. The van der Waals surface area contributed by atoms with Crippen LogP contribution in [0.2, 0.25) is 0 Å². The quantitative estimate of drug-likeness (QED) is 0.883. The first-order valence-electron chi connectivity index (χ1n) is 7.01. The molecular weight excluding hydrogens is 222 g/mol. The van der Waals surface area contributed by atoms with Crippen LogP contribution < -0.4 is 5.32 Å². The van der Waals surface area contributed by atoms with Gasteiger partial charge in [-0.05, 0) is 44.2 Å². The van der Waals surface area contributed by atoms with E-state index in [1.165, 1.54) is 17.5 Å². The third-order valence-corrected chi connectivity index (χ3v) is 4.17. The van der Waals surface area contributed by atoms with E-state index < -0.39 is 0 Å². The predicted octanol–water partition coefficient (Wildman–Crippen LogP) is 2.80. The van der Waals surface area contributed by atoms with Gasteiger partial charge in [-0.3, -0.25) is 0 Å². The van der Waals surface area contributed by atoms with Gasteiger partial charge in [0.2, 0.25) is 0 Å². The van der Waals surface area contributed by atoms with E-state index in [1.807, 2.05) is 0 Å². The van der Waals surface area contributed by atoms with Gasteiger partial charge in [0.1, 0.15) is 0 Å². The minimum absolute atomic E-state index is 0.562. The van der Waals surface area contributed by atoms with Crippen LogP contribution in [0.25, 0.3) is 0 Å². The van der Waals surface area contributed by atoms with Crippen molar-refractivity contribution < 1.29 is 4.74 Å². The van der Waals surface area contributed by atoms with Crippen molar-refractivity contribution in [3.8, 4) is 0 Å². The molecule has 2 heteroatoms. The number of hydrogen-bond acceptors (Lipinski definition) is 2.